The van der Waals surface area contributed by atoms with E-state index in [1.807, 2.05) is 24.3 Å². The second kappa shape index (κ2) is 6.62. The van der Waals surface area contributed by atoms with Gasteiger partial charge in [0.25, 0.3) is 0 Å². The molecule has 1 aromatic rings. The molecule has 2 nitrogen and oxygen atoms in total. The Balaban J connectivity index is 1.70. The number of rotatable bonds is 5. The Morgan fingerprint density at radius 1 is 1.47 bits per heavy atom. The molecule has 1 aliphatic rings. The lowest BCUT2D eigenvalue weighted by molar-refractivity contribution is 0.234. The zero-order valence-electron chi connectivity index (χ0n) is 9.74. The van der Waals surface area contributed by atoms with Crippen LogP contribution in [-0.4, -0.2) is 37.0 Å². The molecule has 1 heterocycles. The topological polar surface area (TPSA) is 12.5 Å². The van der Waals surface area contributed by atoms with Crippen LogP contribution < -0.4 is 4.74 Å². The first-order valence-electron chi connectivity index (χ1n) is 5.94. The van der Waals surface area contributed by atoms with E-state index in [1.54, 1.807) is 0 Å². The summed E-state index contributed by atoms with van der Waals surface area (Å²) in [7, 11) is 0. The molecule has 0 saturated carbocycles. The molecule has 0 bridgehead atoms. The average molecular weight is 319 g/mol. The van der Waals surface area contributed by atoms with Crippen LogP contribution in [-0.2, 0) is 0 Å². The first-order chi connectivity index (χ1) is 8.28. The number of likely N-dealkylation sites (tertiary alicyclic amines) is 1. The number of nitrogens with zero attached hydrogens (tertiary/aromatic N) is 1. The Bertz CT molecular complexity index is 361. The van der Waals surface area contributed by atoms with Gasteiger partial charge in [-0.3, -0.25) is 4.90 Å². The molecule has 0 aliphatic carbocycles. The van der Waals surface area contributed by atoms with E-state index in [9.17, 15) is 0 Å². The quantitative estimate of drug-likeness (QED) is 0.772. The molecular formula is C13H17BrClNO. The highest BCUT2D eigenvalue weighted by Crippen LogP contribution is 2.19. The molecule has 1 unspecified atom stereocenters. The third-order valence-corrected chi connectivity index (χ3v) is 3.99. The normalized spacial score (nSPS) is 20.7. The van der Waals surface area contributed by atoms with Gasteiger partial charge in [0.15, 0.2) is 0 Å². The van der Waals surface area contributed by atoms with Gasteiger partial charge in [0, 0.05) is 23.4 Å². The van der Waals surface area contributed by atoms with E-state index < -0.39 is 0 Å². The van der Waals surface area contributed by atoms with Gasteiger partial charge in [-0.2, -0.15) is 0 Å². The summed E-state index contributed by atoms with van der Waals surface area (Å²) in [6, 6.07) is 7.96. The van der Waals surface area contributed by atoms with Gasteiger partial charge in [0.2, 0.25) is 0 Å². The molecule has 0 amide bonds. The number of hydrogen-bond acceptors (Lipinski definition) is 2. The van der Waals surface area contributed by atoms with Crippen LogP contribution in [0.1, 0.15) is 6.42 Å². The van der Waals surface area contributed by atoms with E-state index in [0.29, 0.717) is 5.92 Å². The van der Waals surface area contributed by atoms with E-state index in [2.05, 4.69) is 20.8 Å². The molecule has 17 heavy (non-hydrogen) atoms. The standard InChI is InChI=1S/C13H17BrClNO/c14-12-2-1-3-13(8-12)17-7-6-16-5-4-11(9-15)10-16/h1-3,8,11H,4-7,9-10H2. The van der Waals surface area contributed by atoms with Crippen LogP contribution >= 0.6 is 27.5 Å². The van der Waals surface area contributed by atoms with Gasteiger partial charge in [-0.1, -0.05) is 22.0 Å². The minimum absolute atomic E-state index is 0.669. The first-order valence-corrected chi connectivity index (χ1v) is 7.27. The number of ether oxygens (including phenoxy) is 1. The summed E-state index contributed by atoms with van der Waals surface area (Å²) in [5, 5.41) is 0. The van der Waals surface area contributed by atoms with Gasteiger partial charge < -0.3 is 4.74 Å². The third kappa shape index (κ3) is 4.16. The van der Waals surface area contributed by atoms with Crippen molar-refractivity contribution in [3.05, 3.63) is 28.7 Å². The molecular weight excluding hydrogens is 302 g/mol. The van der Waals surface area contributed by atoms with E-state index in [-0.39, 0.29) is 0 Å². The highest BCUT2D eigenvalue weighted by Gasteiger charge is 2.20. The van der Waals surface area contributed by atoms with E-state index >= 15 is 0 Å². The molecule has 1 saturated heterocycles. The van der Waals surface area contributed by atoms with Gasteiger partial charge in [-0.05, 0) is 37.1 Å². The Labute approximate surface area is 116 Å². The lowest BCUT2D eigenvalue weighted by atomic mass is 10.2. The van der Waals surface area contributed by atoms with Crippen LogP contribution in [0.5, 0.6) is 5.75 Å². The molecule has 1 atom stereocenters. The summed E-state index contributed by atoms with van der Waals surface area (Å²) in [5.41, 5.74) is 0. The molecule has 1 fully saturated rings. The fourth-order valence-corrected chi connectivity index (χ4v) is 2.72. The maximum absolute atomic E-state index is 5.86. The number of benzene rings is 1. The lowest BCUT2D eigenvalue weighted by Gasteiger charge is -2.15. The molecule has 0 radical (unpaired) electrons. The van der Waals surface area contributed by atoms with Crippen molar-refractivity contribution in [3.8, 4) is 5.75 Å². The lowest BCUT2D eigenvalue weighted by Crippen LogP contribution is -2.26. The minimum atomic E-state index is 0.669. The van der Waals surface area contributed by atoms with Gasteiger partial charge in [-0.25, -0.2) is 0 Å². The van der Waals surface area contributed by atoms with Crippen molar-refractivity contribution in [1.29, 1.82) is 0 Å². The van der Waals surface area contributed by atoms with Crippen LogP contribution in [0.25, 0.3) is 0 Å². The third-order valence-electron chi connectivity index (χ3n) is 3.06. The zero-order valence-corrected chi connectivity index (χ0v) is 12.1. The van der Waals surface area contributed by atoms with Crippen molar-refractivity contribution in [2.75, 3.05) is 32.1 Å². The van der Waals surface area contributed by atoms with Gasteiger partial charge >= 0.3 is 0 Å². The van der Waals surface area contributed by atoms with Crippen LogP contribution in [0.4, 0.5) is 0 Å². The fraction of sp³-hybridized carbons (Fsp3) is 0.538. The number of hydrogen-bond donors (Lipinski definition) is 0. The number of alkyl halides is 1. The van der Waals surface area contributed by atoms with E-state index in [0.717, 1.165) is 42.3 Å². The maximum Gasteiger partial charge on any atom is 0.120 e. The van der Waals surface area contributed by atoms with Crippen molar-refractivity contribution in [2.24, 2.45) is 5.92 Å². The summed E-state index contributed by atoms with van der Waals surface area (Å²) in [5.74, 6) is 2.37. The van der Waals surface area contributed by atoms with Gasteiger partial charge in [-0.15, -0.1) is 11.6 Å². The van der Waals surface area contributed by atoms with Crippen LogP contribution in [0, 0.1) is 5.92 Å². The minimum Gasteiger partial charge on any atom is -0.492 e. The highest BCUT2D eigenvalue weighted by molar-refractivity contribution is 9.10. The molecule has 4 heteroatoms. The van der Waals surface area contributed by atoms with Gasteiger partial charge in [0.1, 0.15) is 12.4 Å². The molecule has 0 N–H and O–H groups in total. The summed E-state index contributed by atoms with van der Waals surface area (Å²) in [6.07, 6.45) is 1.22. The summed E-state index contributed by atoms with van der Waals surface area (Å²) >= 11 is 9.29. The van der Waals surface area contributed by atoms with Crippen LogP contribution in [0.3, 0.4) is 0 Å². The maximum atomic E-state index is 5.86. The summed E-state index contributed by atoms with van der Waals surface area (Å²) < 4.78 is 6.77. The van der Waals surface area contributed by atoms with Gasteiger partial charge in [0.05, 0.1) is 0 Å². The van der Waals surface area contributed by atoms with E-state index in [1.165, 1.54) is 6.42 Å². The van der Waals surface area contributed by atoms with Crippen LogP contribution in [0.2, 0.25) is 0 Å². The zero-order chi connectivity index (χ0) is 12.1. The predicted molar refractivity (Wildman–Crippen MR) is 74.9 cm³/mol. The SMILES string of the molecule is ClCC1CCN(CCOc2cccc(Br)c2)C1. The molecule has 0 aromatic heterocycles. The second-order valence-corrected chi connectivity index (χ2v) is 5.64. The Kier molecular flexibility index (Phi) is 5.14. The first kappa shape index (κ1) is 13.2. The Morgan fingerprint density at radius 3 is 3.06 bits per heavy atom. The van der Waals surface area contributed by atoms with Crippen molar-refractivity contribution >= 4 is 27.5 Å². The molecule has 0 spiro atoms. The molecule has 94 valence electrons. The monoisotopic (exact) mass is 317 g/mol. The molecule has 2 rings (SSSR count). The van der Waals surface area contributed by atoms with Crippen molar-refractivity contribution in [3.63, 3.8) is 0 Å². The van der Waals surface area contributed by atoms with Crippen LogP contribution in [0.15, 0.2) is 28.7 Å². The number of halogens is 2. The van der Waals surface area contributed by atoms with Crippen molar-refractivity contribution < 1.29 is 4.74 Å². The van der Waals surface area contributed by atoms with Crippen molar-refractivity contribution in [1.82, 2.24) is 4.90 Å². The largest absolute Gasteiger partial charge is 0.492 e. The Morgan fingerprint density at radius 2 is 2.35 bits per heavy atom. The molecule has 1 aromatic carbocycles. The molecule has 1 aliphatic heterocycles. The van der Waals surface area contributed by atoms with Crippen molar-refractivity contribution in [2.45, 2.75) is 6.42 Å². The Hall–Kier alpha value is -0.250. The summed E-state index contributed by atoms with van der Waals surface area (Å²) in [4.78, 5) is 2.42. The highest BCUT2D eigenvalue weighted by atomic mass is 79.9. The smallest absolute Gasteiger partial charge is 0.120 e. The second-order valence-electron chi connectivity index (χ2n) is 4.42. The summed E-state index contributed by atoms with van der Waals surface area (Å²) in [6.45, 7) is 4.00. The fourth-order valence-electron chi connectivity index (χ4n) is 2.09. The average Bonchev–Trinajstić information content (AvgIpc) is 2.77. The van der Waals surface area contributed by atoms with E-state index in [4.69, 9.17) is 16.3 Å². The predicted octanol–water partition coefficient (Wildman–Crippen LogP) is 3.39.